The highest BCUT2D eigenvalue weighted by Gasteiger charge is 2.57. The summed E-state index contributed by atoms with van der Waals surface area (Å²) >= 11 is 0. The largest absolute Gasteiger partial charge is 0.466 e. The predicted molar refractivity (Wildman–Crippen MR) is 112 cm³/mol. The number of allylic oxidation sites excluding steroid dienone is 4. The maximum atomic E-state index is 11.4. The second-order valence-corrected chi connectivity index (χ2v) is 10.5. The second kappa shape index (κ2) is 6.86. The van der Waals surface area contributed by atoms with Crippen LogP contribution in [0.3, 0.4) is 0 Å². The first-order chi connectivity index (χ1) is 13.2. The number of fused-ring (bicyclic) bond motifs is 5. The molecule has 0 radical (unpaired) electrons. The van der Waals surface area contributed by atoms with Crippen molar-refractivity contribution in [2.24, 2.45) is 28.6 Å². The minimum atomic E-state index is -0.518. The van der Waals surface area contributed by atoms with Crippen LogP contribution in [0.15, 0.2) is 35.5 Å². The van der Waals surface area contributed by atoms with Crippen LogP contribution in [0.5, 0.6) is 0 Å². The van der Waals surface area contributed by atoms with Crippen molar-refractivity contribution >= 4 is 5.97 Å². The van der Waals surface area contributed by atoms with Gasteiger partial charge in [0.25, 0.3) is 0 Å². The average Bonchev–Trinajstić information content (AvgIpc) is 2.98. The zero-order valence-corrected chi connectivity index (χ0v) is 18.0. The number of hydrogen-bond donors (Lipinski definition) is 1. The van der Waals surface area contributed by atoms with E-state index < -0.39 is 5.60 Å². The Morgan fingerprint density at radius 3 is 2.68 bits per heavy atom. The molecule has 4 aliphatic carbocycles. The fourth-order valence-corrected chi connectivity index (χ4v) is 7.13. The average molecular weight is 385 g/mol. The van der Waals surface area contributed by atoms with Gasteiger partial charge in [0, 0.05) is 6.08 Å². The van der Waals surface area contributed by atoms with Gasteiger partial charge < -0.3 is 9.84 Å². The lowest BCUT2D eigenvalue weighted by molar-refractivity contribution is -0.134. The molecule has 0 saturated heterocycles. The Kier molecular flexibility index (Phi) is 4.89. The van der Waals surface area contributed by atoms with Gasteiger partial charge >= 0.3 is 5.97 Å². The van der Waals surface area contributed by atoms with Crippen molar-refractivity contribution < 1.29 is 14.6 Å². The van der Waals surface area contributed by atoms with E-state index in [1.165, 1.54) is 43.9 Å². The van der Waals surface area contributed by atoms with Crippen LogP contribution in [-0.2, 0) is 9.53 Å². The number of aliphatic hydroxyl groups is 1. The molecule has 6 atom stereocenters. The van der Waals surface area contributed by atoms with Crippen LogP contribution >= 0.6 is 0 Å². The fraction of sp³-hybridized carbons (Fsp3) is 0.720. The number of ether oxygens (including phenoxy) is 1. The Morgan fingerprint density at radius 1 is 1.14 bits per heavy atom. The number of methoxy groups -OCH3 is 1. The molecule has 0 bridgehead atoms. The highest BCUT2D eigenvalue weighted by atomic mass is 16.5. The molecular weight excluding hydrogens is 348 g/mol. The van der Waals surface area contributed by atoms with Crippen molar-refractivity contribution in [3.8, 4) is 0 Å². The lowest BCUT2D eigenvalue weighted by Crippen LogP contribution is -2.51. The zero-order chi connectivity index (χ0) is 20.2. The SMILES string of the molecule is COC(=O)/C=C/CC1=CC[C@H]2[C@@H]3CC=C4C[C@@](C)(O)CC[C@]4(C)[C@H]3CC[C@]12C. The molecule has 28 heavy (non-hydrogen) atoms. The van der Waals surface area contributed by atoms with Crippen molar-refractivity contribution in [3.63, 3.8) is 0 Å². The van der Waals surface area contributed by atoms with Crippen LogP contribution in [-0.4, -0.2) is 23.8 Å². The lowest BCUT2D eigenvalue weighted by Gasteiger charge is -2.58. The molecule has 154 valence electrons. The van der Waals surface area contributed by atoms with E-state index in [0.29, 0.717) is 5.92 Å². The van der Waals surface area contributed by atoms with Gasteiger partial charge in [0.05, 0.1) is 12.7 Å². The Hall–Kier alpha value is -1.35. The first-order valence-electron chi connectivity index (χ1n) is 11.1. The van der Waals surface area contributed by atoms with E-state index in [4.69, 9.17) is 4.74 Å². The summed E-state index contributed by atoms with van der Waals surface area (Å²) in [5, 5.41) is 10.6. The second-order valence-electron chi connectivity index (χ2n) is 10.5. The maximum absolute atomic E-state index is 11.4. The van der Waals surface area contributed by atoms with E-state index in [2.05, 4.69) is 26.0 Å². The van der Waals surface area contributed by atoms with Gasteiger partial charge in [-0.1, -0.05) is 43.2 Å². The molecule has 0 aromatic carbocycles. The Balaban J connectivity index is 1.53. The molecule has 2 fully saturated rings. The minimum absolute atomic E-state index is 0.267. The van der Waals surface area contributed by atoms with Crippen LogP contribution < -0.4 is 0 Å². The third-order valence-corrected chi connectivity index (χ3v) is 8.91. The maximum Gasteiger partial charge on any atom is 0.330 e. The summed E-state index contributed by atoms with van der Waals surface area (Å²) < 4.78 is 4.72. The fourth-order valence-electron chi connectivity index (χ4n) is 7.13. The quantitative estimate of drug-likeness (QED) is 0.405. The van der Waals surface area contributed by atoms with Gasteiger partial charge in [0.1, 0.15) is 0 Å². The van der Waals surface area contributed by atoms with Gasteiger partial charge in [-0.3, -0.25) is 0 Å². The number of rotatable bonds is 3. The smallest absolute Gasteiger partial charge is 0.330 e. The molecule has 3 nitrogen and oxygen atoms in total. The summed E-state index contributed by atoms with van der Waals surface area (Å²) in [6.45, 7) is 6.95. The highest BCUT2D eigenvalue weighted by molar-refractivity contribution is 5.81. The van der Waals surface area contributed by atoms with Crippen molar-refractivity contribution in [3.05, 3.63) is 35.5 Å². The summed E-state index contributed by atoms with van der Waals surface area (Å²) in [6.07, 6.45) is 17.1. The van der Waals surface area contributed by atoms with E-state index in [-0.39, 0.29) is 16.8 Å². The molecular formula is C25H36O3. The Morgan fingerprint density at radius 2 is 1.93 bits per heavy atom. The van der Waals surface area contributed by atoms with E-state index in [9.17, 15) is 9.90 Å². The topological polar surface area (TPSA) is 46.5 Å². The molecule has 0 aliphatic heterocycles. The number of carbonyl (C=O) groups excluding carboxylic acids is 1. The monoisotopic (exact) mass is 384 g/mol. The van der Waals surface area contributed by atoms with Crippen LogP contribution in [0.4, 0.5) is 0 Å². The van der Waals surface area contributed by atoms with E-state index in [0.717, 1.165) is 37.5 Å². The summed E-state index contributed by atoms with van der Waals surface area (Å²) in [5.74, 6) is 1.94. The molecule has 2 saturated carbocycles. The third kappa shape index (κ3) is 3.10. The highest BCUT2D eigenvalue weighted by Crippen LogP contribution is 2.65. The molecule has 4 aliphatic rings. The molecule has 0 unspecified atom stereocenters. The van der Waals surface area contributed by atoms with Crippen LogP contribution in [0.2, 0.25) is 0 Å². The molecule has 0 spiro atoms. The van der Waals surface area contributed by atoms with E-state index in [1.54, 1.807) is 6.08 Å². The van der Waals surface area contributed by atoms with E-state index >= 15 is 0 Å². The van der Waals surface area contributed by atoms with Gasteiger partial charge in [0.2, 0.25) is 0 Å². The van der Waals surface area contributed by atoms with Crippen LogP contribution in [0, 0.1) is 28.6 Å². The first kappa shape index (κ1) is 19.9. The van der Waals surface area contributed by atoms with Gasteiger partial charge in [0.15, 0.2) is 0 Å². The zero-order valence-electron chi connectivity index (χ0n) is 18.0. The van der Waals surface area contributed by atoms with Crippen LogP contribution in [0.1, 0.15) is 72.1 Å². The van der Waals surface area contributed by atoms with Crippen molar-refractivity contribution in [1.29, 1.82) is 0 Å². The van der Waals surface area contributed by atoms with Crippen molar-refractivity contribution in [1.82, 2.24) is 0 Å². The molecule has 0 aromatic rings. The summed E-state index contributed by atoms with van der Waals surface area (Å²) in [5.41, 5.74) is 3.07. The van der Waals surface area contributed by atoms with Crippen LogP contribution in [0.25, 0.3) is 0 Å². The number of esters is 1. The summed E-state index contributed by atoms with van der Waals surface area (Å²) in [7, 11) is 1.43. The molecule has 4 rings (SSSR count). The summed E-state index contributed by atoms with van der Waals surface area (Å²) in [6, 6.07) is 0. The number of carbonyl (C=O) groups is 1. The molecule has 0 aromatic heterocycles. The lowest BCUT2D eigenvalue weighted by atomic mass is 9.46. The van der Waals surface area contributed by atoms with E-state index in [1.807, 2.05) is 13.0 Å². The van der Waals surface area contributed by atoms with Crippen molar-refractivity contribution in [2.45, 2.75) is 77.7 Å². The Labute approximate surface area is 169 Å². The summed E-state index contributed by atoms with van der Waals surface area (Å²) in [4.78, 5) is 11.4. The number of hydrogen-bond acceptors (Lipinski definition) is 3. The molecule has 1 N–H and O–H groups in total. The van der Waals surface area contributed by atoms with Gasteiger partial charge in [-0.15, -0.1) is 0 Å². The third-order valence-electron chi connectivity index (χ3n) is 8.91. The standard InChI is InChI=1S/C25H36O3/c1-23(27)14-15-25(3)18(16-23)8-10-19-20-11-9-17(6-5-7-22(26)28-4)24(20,2)13-12-21(19)25/h5,7-9,19-21,27H,6,10-16H2,1-4H3/b7-5+/t19-,20-,21-,23-,24+,25-/m0/s1. The molecule has 0 amide bonds. The molecule has 0 heterocycles. The predicted octanol–water partition coefficient (Wildman–Crippen LogP) is 5.36. The Bertz CT molecular complexity index is 743. The normalized spacial score (nSPS) is 45.0. The van der Waals surface area contributed by atoms with Gasteiger partial charge in [-0.2, -0.15) is 0 Å². The molecule has 3 heteroatoms. The van der Waals surface area contributed by atoms with Crippen molar-refractivity contribution in [2.75, 3.05) is 7.11 Å². The van der Waals surface area contributed by atoms with Gasteiger partial charge in [-0.05, 0) is 86.9 Å². The first-order valence-corrected chi connectivity index (χ1v) is 11.1. The van der Waals surface area contributed by atoms with Gasteiger partial charge in [-0.25, -0.2) is 4.79 Å². The minimum Gasteiger partial charge on any atom is -0.466 e.